The molecule has 24 heavy (non-hydrogen) atoms. The monoisotopic (exact) mass is 352 g/mol. The van der Waals surface area contributed by atoms with Gasteiger partial charge in [0, 0.05) is 43.4 Å². The Kier molecular flexibility index (Phi) is 7.18. The molecule has 0 saturated carbocycles. The minimum Gasteiger partial charge on any atom is -0.469 e. The van der Waals surface area contributed by atoms with E-state index in [1.165, 1.54) is 7.11 Å². The first kappa shape index (κ1) is 18.4. The molecule has 6 nitrogen and oxygen atoms in total. The standard InChI is InChI=1S/C17H25ClN4O2/c1-3-19-17(20-8-7-16(23)24-2)22-11-9-21(10-12-22)15-6-4-5-14(18)13-15/h4-6,13H,3,7-12H2,1-2H3,(H,19,20). The molecule has 1 fully saturated rings. The second-order valence-electron chi connectivity index (χ2n) is 5.52. The fraction of sp³-hybridized carbons (Fsp3) is 0.529. The Hall–Kier alpha value is -1.95. The zero-order chi connectivity index (χ0) is 17.4. The number of benzene rings is 1. The molecule has 1 aromatic rings. The van der Waals surface area contributed by atoms with Crippen molar-refractivity contribution in [2.75, 3.05) is 51.3 Å². The molecule has 0 radical (unpaired) electrons. The van der Waals surface area contributed by atoms with Gasteiger partial charge in [0.1, 0.15) is 0 Å². The molecular formula is C17H25ClN4O2. The molecule has 1 saturated heterocycles. The number of carbonyl (C=O) groups excluding carboxylic acids is 1. The van der Waals surface area contributed by atoms with Gasteiger partial charge in [-0.25, -0.2) is 0 Å². The summed E-state index contributed by atoms with van der Waals surface area (Å²) in [5.74, 6) is 0.618. The molecule has 132 valence electrons. The van der Waals surface area contributed by atoms with E-state index in [0.717, 1.165) is 49.4 Å². The van der Waals surface area contributed by atoms with E-state index >= 15 is 0 Å². The number of hydrogen-bond acceptors (Lipinski definition) is 4. The second kappa shape index (κ2) is 9.37. The van der Waals surface area contributed by atoms with Gasteiger partial charge in [0.2, 0.25) is 0 Å². The molecule has 1 aliphatic rings. The van der Waals surface area contributed by atoms with Gasteiger partial charge in [0.25, 0.3) is 0 Å². The van der Waals surface area contributed by atoms with Gasteiger partial charge in [0.05, 0.1) is 20.1 Å². The lowest BCUT2D eigenvalue weighted by molar-refractivity contribution is -0.140. The first-order valence-corrected chi connectivity index (χ1v) is 8.62. The first-order chi connectivity index (χ1) is 11.6. The van der Waals surface area contributed by atoms with Crippen molar-refractivity contribution in [3.63, 3.8) is 0 Å². The van der Waals surface area contributed by atoms with E-state index in [1.807, 2.05) is 25.1 Å². The third-order valence-electron chi connectivity index (χ3n) is 3.89. The third kappa shape index (κ3) is 5.30. The maximum atomic E-state index is 11.2. The summed E-state index contributed by atoms with van der Waals surface area (Å²) in [6.45, 7) is 6.82. The van der Waals surface area contributed by atoms with Gasteiger partial charge < -0.3 is 19.9 Å². The van der Waals surface area contributed by atoms with Crippen molar-refractivity contribution in [2.45, 2.75) is 13.3 Å². The van der Waals surface area contributed by atoms with Crippen LogP contribution in [0.3, 0.4) is 0 Å². The Balaban J connectivity index is 1.92. The number of ether oxygens (including phenoxy) is 1. The van der Waals surface area contributed by atoms with E-state index in [9.17, 15) is 4.79 Å². The Morgan fingerprint density at radius 3 is 2.71 bits per heavy atom. The molecule has 0 spiro atoms. The van der Waals surface area contributed by atoms with Crippen molar-refractivity contribution >= 4 is 29.2 Å². The number of piperazine rings is 1. The molecule has 1 aliphatic heterocycles. The fourth-order valence-electron chi connectivity index (χ4n) is 2.63. The highest BCUT2D eigenvalue weighted by Crippen LogP contribution is 2.20. The van der Waals surface area contributed by atoms with Crippen LogP contribution in [-0.4, -0.2) is 63.2 Å². The van der Waals surface area contributed by atoms with Gasteiger partial charge in [-0.05, 0) is 25.1 Å². The van der Waals surface area contributed by atoms with Crippen molar-refractivity contribution in [1.82, 2.24) is 10.2 Å². The summed E-state index contributed by atoms with van der Waals surface area (Å²) < 4.78 is 4.65. The van der Waals surface area contributed by atoms with Crippen LogP contribution in [0.1, 0.15) is 13.3 Å². The highest BCUT2D eigenvalue weighted by atomic mass is 35.5. The summed E-state index contributed by atoms with van der Waals surface area (Å²) in [6.07, 6.45) is 0.299. The molecular weight excluding hydrogens is 328 g/mol. The van der Waals surface area contributed by atoms with E-state index in [2.05, 4.69) is 30.9 Å². The largest absolute Gasteiger partial charge is 0.469 e. The number of methoxy groups -OCH3 is 1. The lowest BCUT2D eigenvalue weighted by Gasteiger charge is -2.37. The number of carbonyl (C=O) groups is 1. The number of hydrogen-bond donors (Lipinski definition) is 1. The molecule has 1 aromatic carbocycles. The SMILES string of the molecule is CCNC(=NCCC(=O)OC)N1CCN(c2cccc(Cl)c2)CC1. The highest BCUT2D eigenvalue weighted by molar-refractivity contribution is 6.30. The lowest BCUT2D eigenvalue weighted by atomic mass is 10.2. The third-order valence-corrected chi connectivity index (χ3v) is 4.13. The minimum atomic E-state index is -0.236. The van der Waals surface area contributed by atoms with Gasteiger partial charge in [-0.3, -0.25) is 9.79 Å². The molecule has 0 bridgehead atoms. The zero-order valence-corrected chi connectivity index (χ0v) is 15.1. The maximum Gasteiger partial charge on any atom is 0.307 e. The summed E-state index contributed by atoms with van der Waals surface area (Å²) in [7, 11) is 1.40. The number of anilines is 1. The van der Waals surface area contributed by atoms with E-state index in [0.29, 0.717) is 13.0 Å². The number of rotatable bonds is 5. The van der Waals surface area contributed by atoms with Crippen LogP contribution in [0.15, 0.2) is 29.3 Å². The lowest BCUT2D eigenvalue weighted by Crippen LogP contribution is -2.52. The summed E-state index contributed by atoms with van der Waals surface area (Å²) in [6, 6.07) is 7.94. The van der Waals surface area contributed by atoms with Crippen LogP contribution in [0.5, 0.6) is 0 Å². The highest BCUT2D eigenvalue weighted by Gasteiger charge is 2.20. The predicted molar refractivity (Wildman–Crippen MR) is 97.8 cm³/mol. The zero-order valence-electron chi connectivity index (χ0n) is 14.3. The quantitative estimate of drug-likeness (QED) is 0.499. The van der Waals surface area contributed by atoms with Crippen LogP contribution in [0.25, 0.3) is 0 Å². The van der Waals surface area contributed by atoms with Crippen molar-refractivity contribution in [3.8, 4) is 0 Å². The number of halogens is 1. The topological polar surface area (TPSA) is 57.2 Å². The molecule has 7 heteroatoms. The summed E-state index contributed by atoms with van der Waals surface area (Å²) in [4.78, 5) is 20.3. The summed E-state index contributed by atoms with van der Waals surface area (Å²) in [5, 5.41) is 4.05. The van der Waals surface area contributed by atoms with Crippen LogP contribution < -0.4 is 10.2 Å². The van der Waals surface area contributed by atoms with Crippen LogP contribution in [0.4, 0.5) is 5.69 Å². The molecule has 1 N–H and O–H groups in total. The van der Waals surface area contributed by atoms with Crippen LogP contribution >= 0.6 is 11.6 Å². The first-order valence-electron chi connectivity index (χ1n) is 8.24. The number of guanidine groups is 1. The second-order valence-corrected chi connectivity index (χ2v) is 5.95. The van der Waals surface area contributed by atoms with Crippen LogP contribution in [0.2, 0.25) is 5.02 Å². The molecule has 0 atom stereocenters. The molecule has 0 unspecified atom stereocenters. The molecule has 1 heterocycles. The Labute approximate surface area is 148 Å². The maximum absolute atomic E-state index is 11.2. The Morgan fingerprint density at radius 1 is 1.33 bits per heavy atom. The van der Waals surface area contributed by atoms with Gasteiger partial charge in [-0.1, -0.05) is 17.7 Å². The summed E-state index contributed by atoms with van der Waals surface area (Å²) in [5.41, 5.74) is 1.15. The number of nitrogens with one attached hydrogen (secondary N) is 1. The van der Waals surface area contributed by atoms with Gasteiger partial charge in [-0.15, -0.1) is 0 Å². The molecule has 2 rings (SSSR count). The van der Waals surface area contributed by atoms with Crippen LogP contribution in [-0.2, 0) is 9.53 Å². The fourth-order valence-corrected chi connectivity index (χ4v) is 2.81. The van der Waals surface area contributed by atoms with Gasteiger partial charge in [-0.2, -0.15) is 0 Å². The average Bonchev–Trinajstić information content (AvgIpc) is 2.61. The Bertz CT molecular complexity index is 571. The van der Waals surface area contributed by atoms with Crippen molar-refractivity contribution in [2.24, 2.45) is 4.99 Å². The minimum absolute atomic E-state index is 0.236. The predicted octanol–water partition coefficient (Wildman–Crippen LogP) is 1.99. The van der Waals surface area contributed by atoms with Crippen LogP contribution in [0, 0.1) is 0 Å². The van der Waals surface area contributed by atoms with Crippen molar-refractivity contribution in [1.29, 1.82) is 0 Å². The normalized spacial score (nSPS) is 15.4. The number of esters is 1. The van der Waals surface area contributed by atoms with E-state index in [4.69, 9.17) is 11.6 Å². The Morgan fingerprint density at radius 2 is 2.08 bits per heavy atom. The van der Waals surface area contributed by atoms with E-state index in [1.54, 1.807) is 0 Å². The van der Waals surface area contributed by atoms with Crippen molar-refractivity contribution < 1.29 is 9.53 Å². The molecule has 0 aromatic heterocycles. The van der Waals surface area contributed by atoms with E-state index in [-0.39, 0.29) is 5.97 Å². The van der Waals surface area contributed by atoms with Gasteiger partial charge >= 0.3 is 5.97 Å². The van der Waals surface area contributed by atoms with Crippen molar-refractivity contribution in [3.05, 3.63) is 29.3 Å². The molecule has 0 aliphatic carbocycles. The van der Waals surface area contributed by atoms with E-state index < -0.39 is 0 Å². The summed E-state index contributed by atoms with van der Waals surface area (Å²) >= 11 is 6.08. The average molecular weight is 353 g/mol. The smallest absolute Gasteiger partial charge is 0.307 e. The number of aliphatic imine (C=N–C) groups is 1. The number of nitrogens with zero attached hydrogens (tertiary/aromatic N) is 3. The van der Waals surface area contributed by atoms with Gasteiger partial charge in [0.15, 0.2) is 5.96 Å². The molecule has 0 amide bonds.